The number of benzene rings is 1. The number of carbonyl (C=O) groups excluding carboxylic acids is 1. The molecule has 110 valence electrons. The molecule has 0 bridgehead atoms. The molecular weight excluding hydrogens is 333 g/mol. The summed E-state index contributed by atoms with van der Waals surface area (Å²) >= 11 is 12.9. The normalized spacial score (nSPS) is 12.0. The number of carbonyl (C=O) groups is 2. The highest BCUT2D eigenvalue weighted by Gasteiger charge is 2.25. The summed E-state index contributed by atoms with van der Waals surface area (Å²) in [5.74, 6) is -1.65. The highest BCUT2D eigenvalue weighted by molar-refractivity contribution is 7.19. The highest BCUT2D eigenvalue weighted by Crippen LogP contribution is 2.36. The monoisotopic (exact) mass is 343 g/mol. The van der Waals surface area contributed by atoms with Crippen molar-refractivity contribution in [3.63, 3.8) is 0 Å². The first-order chi connectivity index (χ1) is 9.91. The number of nitrogens with one attached hydrogen (secondary N) is 1. The van der Waals surface area contributed by atoms with Crippen LogP contribution in [0.2, 0.25) is 9.36 Å². The molecule has 0 aliphatic heterocycles. The molecule has 1 amide bonds. The van der Waals surface area contributed by atoms with Crippen molar-refractivity contribution in [2.75, 3.05) is 0 Å². The van der Waals surface area contributed by atoms with Gasteiger partial charge < -0.3 is 10.4 Å². The van der Waals surface area contributed by atoms with E-state index in [1.54, 1.807) is 37.3 Å². The summed E-state index contributed by atoms with van der Waals surface area (Å²) in [4.78, 5) is 23.9. The second kappa shape index (κ2) is 6.47. The molecule has 0 aliphatic carbocycles. The van der Waals surface area contributed by atoms with Crippen LogP contribution in [0.4, 0.5) is 0 Å². The van der Waals surface area contributed by atoms with E-state index < -0.39 is 17.9 Å². The number of thiophene rings is 1. The SMILES string of the molecule is Cc1c(C(=O)NC(C(=O)O)c2ccccc2)sc(Cl)c1Cl. The third-order valence-corrected chi connectivity index (χ3v) is 5.08. The van der Waals surface area contributed by atoms with Crippen LogP contribution in [0, 0.1) is 6.92 Å². The molecule has 2 rings (SSSR count). The van der Waals surface area contributed by atoms with Gasteiger partial charge in [0.25, 0.3) is 5.91 Å². The largest absolute Gasteiger partial charge is 0.479 e. The van der Waals surface area contributed by atoms with Gasteiger partial charge in [0.2, 0.25) is 0 Å². The summed E-state index contributed by atoms with van der Waals surface area (Å²) in [6.07, 6.45) is 0. The number of hydrogen-bond acceptors (Lipinski definition) is 3. The molecule has 0 radical (unpaired) electrons. The van der Waals surface area contributed by atoms with Crippen molar-refractivity contribution in [3.8, 4) is 0 Å². The maximum absolute atomic E-state index is 12.2. The Kier molecular flexibility index (Phi) is 4.88. The molecular formula is C14H11Cl2NO3S. The molecule has 0 fully saturated rings. The second-order valence-corrected chi connectivity index (χ2v) is 6.30. The van der Waals surface area contributed by atoms with E-state index in [1.165, 1.54) is 0 Å². The van der Waals surface area contributed by atoms with E-state index in [2.05, 4.69) is 5.32 Å². The Morgan fingerprint density at radius 2 is 1.86 bits per heavy atom. The summed E-state index contributed by atoms with van der Waals surface area (Å²) in [5, 5.41) is 12.1. The highest BCUT2D eigenvalue weighted by atomic mass is 35.5. The van der Waals surface area contributed by atoms with Crippen LogP contribution >= 0.6 is 34.5 Å². The Morgan fingerprint density at radius 3 is 2.33 bits per heavy atom. The van der Waals surface area contributed by atoms with Gasteiger partial charge in [0, 0.05) is 0 Å². The minimum absolute atomic E-state index is 0.311. The molecule has 0 aliphatic rings. The molecule has 2 aromatic rings. The first-order valence-corrected chi connectivity index (χ1v) is 7.52. The molecule has 1 aromatic carbocycles. The maximum Gasteiger partial charge on any atom is 0.330 e. The zero-order valence-corrected chi connectivity index (χ0v) is 13.2. The predicted molar refractivity (Wildman–Crippen MR) is 83.4 cm³/mol. The number of hydrogen-bond donors (Lipinski definition) is 2. The van der Waals surface area contributed by atoms with Crippen LogP contribution in [0.15, 0.2) is 30.3 Å². The zero-order valence-electron chi connectivity index (χ0n) is 10.9. The van der Waals surface area contributed by atoms with Crippen molar-refractivity contribution < 1.29 is 14.7 Å². The Hall–Kier alpha value is -1.56. The van der Waals surface area contributed by atoms with Crippen molar-refractivity contribution in [1.29, 1.82) is 0 Å². The lowest BCUT2D eigenvalue weighted by atomic mass is 10.1. The minimum Gasteiger partial charge on any atom is -0.479 e. The molecule has 2 N–H and O–H groups in total. The van der Waals surface area contributed by atoms with Crippen LogP contribution in [-0.2, 0) is 4.79 Å². The molecule has 4 nitrogen and oxygen atoms in total. The van der Waals surface area contributed by atoms with Gasteiger partial charge in [0.15, 0.2) is 6.04 Å². The number of amides is 1. The van der Waals surface area contributed by atoms with E-state index in [0.717, 1.165) is 11.3 Å². The minimum atomic E-state index is -1.14. The Labute approximate surface area is 135 Å². The van der Waals surface area contributed by atoms with Crippen LogP contribution in [0.1, 0.15) is 26.8 Å². The van der Waals surface area contributed by atoms with Crippen molar-refractivity contribution in [3.05, 3.63) is 55.7 Å². The van der Waals surface area contributed by atoms with E-state index >= 15 is 0 Å². The van der Waals surface area contributed by atoms with Gasteiger partial charge >= 0.3 is 5.97 Å². The number of halogens is 2. The van der Waals surface area contributed by atoms with Crippen molar-refractivity contribution in [2.24, 2.45) is 0 Å². The van der Waals surface area contributed by atoms with Crippen LogP contribution < -0.4 is 5.32 Å². The fraction of sp³-hybridized carbons (Fsp3) is 0.143. The van der Waals surface area contributed by atoms with Gasteiger partial charge in [0.05, 0.1) is 9.90 Å². The molecule has 0 saturated heterocycles. The average molecular weight is 344 g/mol. The Morgan fingerprint density at radius 1 is 1.24 bits per heavy atom. The van der Waals surface area contributed by atoms with E-state index in [9.17, 15) is 14.7 Å². The fourth-order valence-corrected chi connectivity index (χ4v) is 3.27. The quantitative estimate of drug-likeness (QED) is 0.883. The summed E-state index contributed by atoms with van der Waals surface area (Å²) in [6.45, 7) is 1.66. The summed E-state index contributed by atoms with van der Waals surface area (Å²) in [7, 11) is 0. The topological polar surface area (TPSA) is 66.4 Å². The molecule has 0 spiro atoms. The smallest absolute Gasteiger partial charge is 0.330 e. The van der Waals surface area contributed by atoms with Crippen LogP contribution in [0.5, 0.6) is 0 Å². The molecule has 21 heavy (non-hydrogen) atoms. The summed E-state index contributed by atoms with van der Waals surface area (Å²) in [6, 6.07) is 7.34. The standard InChI is InChI=1S/C14H11Cl2NO3S/c1-7-9(15)12(16)21-11(7)13(18)17-10(14(19)20)8-5-3-2-4-6-8/h2-6,10H,1H3,(H,17,18)(H,19,20). The third kappa shape index (κ3) is 3.37. The molecule has 0 saturated carbocycles. The van der Waals surface area contributed by atoms with E-state index in [-0.39, 0.29) is 0 Å². The van der Waals surface area contributed by atoms with Crippen LogP contribution in [0.3, 0.4) is 0 Å². The molecule has 1 unspecified atom stereocenters. The van der Waals surface area contributed by atoms with Gasteiger partial charge in [0.1, 0.15) is 4.34 Å². The first kappa shape index (κ1) is 15.8. The maximum atomic E-state index is 12.2. The summed E-state index contributed by atoms with van der Waals surface area (Å²) in [5.41, 5.74) is 1.03. The second-order valence-electron chi connectivity index (χ2n) is 4.30. The average Bonchev–Trinajstić information content (AvgIpc) is 2.73. The van der Waals surface area contributed by atoms with Gasteiger partial charge in [-0.15, -0.1) is 11.3 Å². The summed E-state index contributed by atoms with van der Waals surface area (Å²) < 4.78 is 0.311. The van der Waals surface area contributed by atoms with E-state index in [4.69, 9.17) is 23.2 Å². The molecule has 1 aromatic heterocycles. The van der Waals surface area contributed by atoms with Gasteiger partial charge in [-0.1, -0.05) is 53.5 Å². The predicted octanol–water partition coefficient (Wildman–Crippen LogP) is 3.92. The van der Waals surface area contributed by atoms with Gasteiger partial charge in [-0.05, 0) is 18.1 Å². The van der Waals surface area contributed by atoms with Crippen LogP contribution in [-0.4, -0.2) is 17.0 Å². The van der Waals surface area contributed by atoms with E-state index in [0.29, 0.717) is 25.4 Å². The molecule has 1 atom stereocenters. The van der Waals surface area contributed by atoms with Crippen molar-refractivity contribution in [2.45, 2.75) is 13.0 Å². The van der Waals surface area contributed by atoms with Crippen molar-refractivity contribution >= 4 is 46.4 Å². The lowest BCUT2D eigenvalue weighted by molar-refractivity contribution is -0.139. The van der Waals surface area contributed by atoms with Crippen molar-refractivity contribution in [1.82, 2.24) is 5.32 Å². The molecule has 1 heterocycles. The lowest BCUT2D eigenvalue weighted by Crippen LogP contribution is -2.33. The Bertz CT molecular complexity index is 685. The Balaban J connectivity index is 2.27. The number of carboxylic acids is 1. The first-order valence-electron chi connectivity index (χ1n) is 5.94. The fourth-order valence-electron chi connectivity index (χ4n) is 1.80. The number of rotatable bonds is 4. The number of aliphatic carboxylic acids is 1. The van der Waals surface area contributed by atoms with Gasteiger partial charge in [-0.3, -0.25) is 4.79 Å². The van der Waals surface area contributed by atoms with E-state index in [1.807, 2.05) is 0 Å². The molecule has 7 heteroatoms. The number of carboxylic acid groups (broad SMARTS) is 1. The van der Waals surface area contributed by atoms with Crippen LogP contribution in [0.25, 0.3) is 0 Å². The third-order valence-electron chi connectivity index (χ3n) is 2.90. The lowest BCUT2D eigenvalue weighted by Gasteiger charge is -2.14. The zero-order chi connectivity index (χ0) is 15.6. The van der Waals surface area contributed by atoms with Gasteiger partial charge in [-0.2, -0.15) is 0 Å². The van der Waals surface area contributed by atoms with Gasteiger partial charge in [-0.25, -0.2) is 4.79 Å².